The van der Waals surface area contributed by atoms with Gasteiger partial charge in [-0.2, -0.15) is 20.5 Å². The number of rotatable bonds is 2. The number of hydrogen-bond donors (Lipinski definition) is 1. The predicted molar refractivity (Wildman–Crippen MR) is 64.5 cm³/mol. The number of H-pyrrole nitrogens is 1. The second-order valence-electron chi connectivity index (χ2n) is 3.50. The van der Waals surface area contributed by atoms with Crippen LogP contribution in [0.25, 0.3) is 11.0 Å². The summed E-state index contributed by atoms with van der Waals surface area (Å²) in [6.07, 6.45) is 0. The molecule has 3 rings (SSSR count). The first kappa shape index (κ1) is 9.65. The second kappa shape index (κ2) is 4.13. The number of fused-ring (bicyclic) bond motifs is 1. The molecular weight excluding hydrogens is 214 g/mol. The number of aromatic amines is 1. The summed E-state index contributed by atoms with van der Waals surface area (Å²) in [6.45, 7) is 0. The van der Waals surface area contributed by atoms with E-state index < -0.39 is 0 Å². The summed E-state index contributed by atoms with van der Waals surface area (Å²) in [7, 11) is 0. The molecule has 0 aliphatic heterocycles. The Hall–Kier alpha value is -2.56. The van der Waals surface area contributed by atoms with Gasteiger partial charge >= 0.3 is 0 Å². The first-order valence-corrected chi connectivity index (χ1v) is 5.20. The molecule has 0 fully saturated rings. The van der Waals surface area contributed by atoms with Gasteiger partial charge in [-0.1, -0.05) is 24.3 Å². The zero-order valence-electron chi connectivity index (χ0n) is 8.91. The van der Waals surface area contributed by atoms with Crippen LogP contribution in [-0.4, -0.2) is 15.4 Å². The lowest BCUT2D eigenvalue weighted by Gasteiger charge is -1.93. The minimum absolute atomic E-state index is 0.708. The highest BCUT2D eigenvalue weighted by atomic mass is 15.3. The lowest BCUT2D eigenvalue weighted by molar-refractivity contribution is 0.959. The van der Waals surface area contributed by atoms with E-state index >= 15 is 0 Å². The molecule has 1 heterocycles. The van der Waals surface area contributed by atoms with Crippen molar-refractivity contribution in [3.63, 3.8) is 0 Å². The van der Waals surface area contributed by atoms with E-state index in [1.807, 2.05) is 48.5 Å². The van der Waals surface area contributed by atoms with Crippen LogP contribution >= 0.6 is 0 Å². The van der Waals surface area contributed by atoms with E-state index in [4.69, 9.17) is 0 Å². The molecule has 3 aromatic rings. The molecule has 0 amide bonds. The van der Waals surface area contributed by atoms with Gasteiger partial charge in [0.15, 0.2) is 0 Å². The van der Waals surface area contributed by atoms with Crippen LogP contribution < -0.4 is 0 Å². The van der Waals surface area contributed by atoms with Crippen LogP contribution in [0, 0.1) is 0 Å². The molecule has 0 bridgehead atoms. The summed E-state index contributed by atoms with van der Waals surface area (Å²) < 4.78 is 0. The van der Waals surface area contributed by atoms with E-state index in [0.717, 1.165) is 16.7 Å². The van der Waals surface area contributed by atoms with Gasteiger partial charge in [0.05, 0.1) is 5.69 Å². The van der Waals surface area contributed by atoms with Gasteiger partial charge in [-0.05, 0) is 24.3 Å². The summed E-state index contributed by atoms with van der Waals surface area (Å²) in [6, 6.07) is 15.2. The topological polar surface area (TPSA) is 66.3 Å². The van der Waals surface area contributed by atoms with Crippen molar-refractivity contribution in [3.05, 3.63) is 48.5 Å². The number of nitrogens with zero attached hydrogens (tertiary/aromatic N) is 4. The molecule has 0 unspecified atom stereocenters. The zero-order chi connectivity index (χ0) is 11.5. The van der Waals surface area contributed by atoms with E-state index in [-0.39, 0.29) is 0 Å². The minimum atomic E-state index is 0.708. The molecule has 1 aromatic heterocycles. The molecule has 0 spiro atoms. The van der Waals surface area contributed by atoms with Gasteiger partial charge in [0.1, 0.15) is 16.7 Å². The van der Waals surface area contributed by atoms with Crippen molar-refractivity contribution < 1.29 is 0 Å². The van der Waals surface area contributed by atoms with Crippen molar-refractivity contribution in [2.24, 2.45) is 10.2 Å². The fourth-order valence-corrected chi connectivity index (χ4v) is 1.54. The molecule has 17 heavy (non-hydrogen) atoms. The number of azo groups is 1. The maximum atomic E-state index is 4.18. The van der Waals surface area contributed by atoms with Crippen LogP contribution in [-0.2, 0) is 0 Å². The maximum Gasteiger partial charge on any atom is 0.140 e. The van der Waals surface area contributed by atoms with Crippen molar-refractivity contribution in [1.29, 1.82) is 0 Å². The Kier molecular flexibility index (Phi) is 2.34. The van der Waals surface area contributed by atoms with Crippen LogP contribution in [0.15, 0.2) is 58.8 Å². The van der Waals surface area contributed by atoms with E-state index in [2.05, 4.69) is 25.6 Å². The summed E-state index contributed by atoms with van der Waals surface area (Å²) >= 11 is 0. The summed E-state index contributed by atoms with van der Waals surface area (Å²) in [5, 5.41) is 18.9. The van der Waals surface area contributed by atoms with Crippen molar-refractivity contribution >= 4 is 22.4 Å². The van der Waals surface area contributed by atoms with Gasteiger partial charge in [0.2, 0.25) is 0 Å². The molecule has 5 heteroatoms. The molecule has 82 valence electrons. The maximum absolute atomic E-state index is 4.18. The highest BCUT2D eigenvalue weighted by Gasteiger charge is 2.02. The summed E-state index contributed by atoms with van der Waals surface area (Å²) in [5.74, 6) is 0. The molecule has 0 saturated heterocycles. The molecular formula is C12H9N5. The highest BCUT2D eigenvalue weighted by molar-refractivity contribution is 5.85. The summed E-state index contributed by atoms with van der Waals surface area (Å²) in [5.41, 5.74) is 3.04. The van der Waals surface area contributed by atoms with Gasteiger partial charge < -0.3 is 0 Å². The minimum Gasteiger partial charge on any atom is -0.197 e. The fourth-order valence-electron chi connectivity index (χ4n) is 1.54. The first-order chi connectivity index (χ1) is 8.43. The van der Waals surface area contributed by atoms with Gasteiger partial charge in [0.25, 0.3) is 0 Å². The fraction of sp³-hybridized carbons (Fsp3) is 0. The molecule has 0 atom stereocenters. The third kappa shape index (κ3) is 1.90. The average Bonchev–Trinajstić information content (AvgIpc) is 2.86. The largest absolute Gasteiger partial charge is 0.197 e. The van der Waals surface area contributed by atoms with Crippen LogP contribution in [0.3, 0.4) is 0 Å². The Labute approximate surface area is 97.2 Å². The Morgan fingerprint density at radius 3 is 2.59 bits per heavy atom. The van der Waals surface area contributed by atoms with Gasteiger partial charge in [-0.25, -0.2) is 0 Å². The lowest BCUT2D eigenvalue weighted by atomic mass is 10.3. The van der Waals surface area contributed by atoms with Crippen LogP contribution in [0.4, 0.5) is 11.4 Å². The molecule has 1 N–H and O–H groups in total. The van der Waals surface area contributed by atoms with E-state index in [1.54, 1.807) is 0 Å². The third-order valence-corrected chi connectivity index (χ3v) is 2.36. The van der Waals surface area contributed by atoms with E-state index in [0.29, 0.717) is 5.69 Å². The van der Waals surface area contributed by atoms with Gasteiger partial charge in [0, 0.05) is 0 Å². The first-order valence-electron chi connectivity index (χ1n) is 5.20. The Balaban J connectivity index is 2.00. The highest BCUT2D eigenvalue weighted by Crippen LogP contribution is 2.24. The van der Waals surface area contributed by atoms with Gasteiger partial charge in [-0.3, -0.25) is 0 Å². The standard InChI is InChI=1S/C12H9N5/c1-2-5-9(6-3-1)13-14-10-7-4-8-11-12(10)16-17-15-11/h1-8H,(H,15,16,17). The Morgan fingerprint density at radius 2 is 1.71 bits per heavy atom. The monoisotopic (exact) mass is 223 g/mol. The third-order valence-electron chi connectivity index (χ3n) is 2.36. The number of nitrogens with one attached hydrogen (secondary N) is 1. The quantitative estimate of drug-likeness (QED) is 0.677. The van der Waals surface area contributed by atoms with E-state index in [9.17, 15) is 0 Å². The predicted octanol–water partition coefficient (Wildman–Crippen LogP) is 3.37. The number of benzene rings is 2. The number of para-hydroxylation sites is 1. The molecule has 2 aromatic carbocycles. The average molecular weight is 223 g/mol. The lowest BCUT2D eigenvalue weighted by Crippen LogP contribution is -1.70. The zero-order valence-corrected chi connectivity index (χ0v) is 8.91. The van der Waals surface area contributed by atoms with Crippen molar-refractivity contribution in [2.45, 2.75) is 0 Å². The van der Waals surface area contributed by atoms with Crippen molar-refractivity contribution in [1.82, 2.24) is 15.4 Å². The Morgan fingerprint density at radius 1 is 0.824 bits per heavy atom. The summed E-state index contributed by atoms with van der Waals surface area (Å²) in [4.78, 5) is 0. The Bertz CT molecular complexity index is 657. The second-order valence-corrected chi connectivity index (χ2v) is 3.50. The normalized spacial score (nSPS) is 11.3. The van der Waals surface area contributed by atoms with Crippen molar-refractivity contribution in [3.8, 4) is 0 Å². The molecule has 0 aliphatic rings. The van der Waals surface area contributed by atoms with E-state index in [1.165, 1.54) is 0 Å². The molecule has 5 nitrogen and oxygen atoms in total. The van der Waals surface area contributed by atoms with Crippen molar-refractivity contribution in [2.75, 3.05) is 0 Å². The van der Waals surface area contributed by atoms with Crippen LogP contribution in [0.1, 0.15) is 0 Å². The molecule has 0 aliphatic carbocycles. The molecule has 0 saturated carbocycles. The smallest absolute Gasteiger partial charge is 0.140 e. The van der Waals surface area contributed by atoms with Crippen LogP contribution in [0.5, 0.6) is 0 Å². The van der Waals surface area contributed by atoms with Gasteiger partial charge in [-0.15, -0.1) is 5.11 Å². The number of hydrogen-bond acceptors (Lipinski definition) is 4. The van der Waals surface area contributed by atoms with Crippen LogP contribution in [0.2, 0.25) is 0 Å². The SMILES string of the molecule is c1ccc(N=Nc2cccc3n[nH]nc23)cc1. The molecule has 0 radical (unpaired) electrons. The number of aromatic nitrogens is 3.